The van der Waals surface area contributed by atoms with E-state index >= 15 is 0 Å². The number of carbonyl (C=O) groups excluding carboxylic acids is 1. The SMILES string of the molecule is COc1ccc(-c2cc(C(=O)Nc3cccc(CS(=O)(=O)NCC(C)C)c3)no2)cc1. The second-order valence-electron chi connectivity index (χ2n) is 7.46. The average molecular weight is 444 g/mol. The van der Waals surface area contributed by atoms with Gasteiger partial charge in [-0.15, -0.1) is 0 Å². The second-order valence-corrected chi connectivity index (χ2v) is 9.27. The Kier molecular flexibility index (Phi) is 7.09. The normalized spacial score (nSPS) is 11.5. The highest BCUT2D eigenvalue weighted by Crippen LogP contribution is 2.23. The summed E-state index contributed by atoms with van der Waals surface area (Å²) in [6, 6.07) is 15.4. The number of sulfonamides is 1. The number of nitrogens with one attached hydrogen (secondary N) is 2. The Hall–Kier alpha value is -3.17. The zero-order valence-corrected chi connectivity index (χ0v) is 18.4. The molecular weight excluding hydrogens is 418 g/mol. The lowest BCUT2D eigenvalue weighted by Crippen LogP contribution is -2.28. The lowest BCUT2D eigenvalue weighted by atomic mass is 10.1. The van der Waals surface area contributed by atoms with E-state index in [4.69, 9.17) is 9.26 Å². The van der Waals surface area contributed by atoms with Crippen LogP contribution in [0.2, 0.25) is 0 Å². The maximum absolute atomic E-state index is 12.5. The summed E-state index contributed by atoms with van der Waals surface area (Å²) in [5, 5.41) is 6.55. The molecule has 2 aromatic carbocycles. The van der Waals surface area contributed by atoms with Crippen LogP contribution in [0.15, 0.2) is 59.1 Å². The van der Waals surface area contributed by atoms with Crippen molar-refractivity contribution >= 4 is 21.6 Å². The Labute approximate surface area is 181 Å². The minimum absolute atomic E-state index is 0.113. The predicted octanol–water partition coefficient (Wildman–Crippen LogP) is 3.68. The van der Waals surface area contributed by atoms with Crippen molar-refractivity contribution in [2.45, 2.75) is 19.6 Å². The van der Waals surface area contributed by atoms with Gasteiger partial charge in [0.05, 0.1) is 12.9 Å². The van der Waals surface area contributed by atoms with Crippen LogP contribution in [-0.4, -0.2) is 33.1 Å². The number of hydrogen-bond acceptors (Lipinski definition) is 6. The molecule has 0 radical (unpaired) electrons. The molecule has 0 saturated heterocycles. The van der Waals surface area contributed by atoms with Crippen molar-refractivity contribution in [3.63, 3.8) is 0 Å². The molecule has 0 saturated carbocycles. The van der Waals surface area contributed by atoms with E-state index in [0.29, 0.717) is 29.3 Å². The fraction of sp³-hybridized carbons (Fsp3) is 0.273. The number of carbonyl (C=O) groups is 1. The molecule has 8 nitrogen and oxygen atoms in total. The van der Waals surface area contributed by atoms with E-state index in [-0.39, 0.29) is 17.4 Å². The van der Waals surface area contributed by atoms with E-state index in [9.17, 15) is 13.2 Å². The molecule has 0 bridgehead atoms. The molecule has 0 aliphatic heterocycles. The summed E-state index contributed by atoms with van der Waals surface area (Å²) in [6.45, 7) is 4.24. The fourth-order valence-electron chi connectivity index (χ4n) is 2.77. The van der Waals surface area contributed by atoms with Gasteiger partial charge in [0, 0.05) is 23.9 Å². The second kappa shape index (κ2) is 9.76. The molecule has 9 heteroatoms. The highest BCUT2D eigenvalue weighted by molar-refractivity contribution is 7.88. The summed E-state index contributed by atoms with van der Waals surface area (Å²) < 4.78 is 37.4. The van der Waals surface area contributed by atoms with Crippen LogP contribution < -0.4 is 14.8 Å². The van der Waals surface area contributed by atoms with Gasteiger partial charge in [0.1, 0.15) is 5.75 Å². The molecule has 1 aromatic heterocycles. The monoisotopic (exact) mass is 443 g/mol. The van der Waals surface area contributed by atoms with Crippen LogP contribution in [0.5, 0.6) is 5.75 Å². The molecule has 0 spiro atoms. The minimum Gasteiger partial charge on any atom is -0.497 e. The number of benzene rings is 2. The zero-order valence-electron chi connectivity index (χ0n) is 17.6. The summed E-state index contributed by atoms with van der Waals surface area (Å²) in [5.74, 6) is 0.744. The Morgan fingerprint density at radius 3 is 2.55 bits per heavy atom. The van der Waals surface area contributed by atoms with Crippen LogP contribution in [0.3, 0.4) is 0 Å². The van der Waals surface area contributed by atoms with Gasteiger partial charge >= 0.3 is 0 Å². The highest BCUT2D eigenvalue weighted by atomic mass is 32.2. The van der Waals surface area contributed by atoms with E-state index in [1.165, 1.54) is 0 Å². The molecule has 0 unspecified atom stereocenters. The lowest BCUT2D eigenvalue weighted by Gasteiger charge is -2.10. The largest absolute Gasteiger partial charge is 0.497 e. The molecule has 3 rings (SSSR count). The first-order chi connectivity index (χ1) is 14.8. The van der Waals surface area contributed by atoms with Gasteiger partial charge in [-0.25, -0.2) is 13.1 Å². The maximum Gasteiger partial charge on any atom is 0.277 e. The summed E-state index contributed by atoms with van der Waals surface area (Å²) in [6.07, 6.45) is 0. The smallest absolute Gasteiger partial charge is 0.277 e. The summed E-state index contributed by atoms with van der Waals surface area (Å²) in [7, 11) is -1.88. The third-order valence-electron chi connectivity index (χ3n) is 4.37. The van der Waals surface area contributed by atoms with Gasteiger partial charge in [0.15, 0.2) is 11.5 Å². The number of aromatic nitrogens is 1. The molecule has 0 atom stereocenters. The Morgan fingerprint density at radius 2 is 1.87 bits per heavy atom. The molecule has 2 N–H and O–H groups in total. The number of nitrogens with zero attached hydrogens (tertiary/aromatic N) is 1. The van der Waals surface area contributed by atoms with Crippen molar-refractivity contribution in [3.05, 3.63) is 65.9 Å². The van der Waals surface area contributed by atoms with Gasteiger partial charge in [-0.1, -0.05) is 31.1 Å². The van der Waals surface area contributed by atoms with Crippen LogP contribution in [0, 0.1) is 5.92 Å². The molecule has 31 heavy (non-hydrogen) atoms. The first-order valence-corrected chi connectivity index (χ1v) is 11.4. The summed E-state index contributed by atoms with van der Waals surface area (Å²) >= 11 is 0. The number of ether oxygens (including phenoxy) is 1. The van der Waals surface area contributed by atoms with Gasteiger partial charge in [-0.05, 0) is 47.9 Å². The molecule has 164 valence electrons. The van der Waals surface area contributed by atoms with E-state index in [0.717, 1.165) is 5.56 Å². The van der Waals surface area contributed by atoms with Crippen molar-refractivity contribution in [3.8, 4) is 17.1 Å². The Morgan fingerprint density at radius 1 is 1.13 bits per heavy atom. The molecular formula is C22H25N3O5S. The number of methoxy groups -OCH3 is 1. The predicted molar refractivity (Wildman–Crippen MR) is 118 cm³/mol. The maximum atomic E-state index is 12.5. The number of hydrogen-bond donors (Lipinski definition) is 2. The van der Waals surface area contributed by atoms with E-state index in [1.807, 2.05) is 13.8 Å². The first kappa shape index (κ1) is 22.5. The molecule has 0 aliphatic carbocycles. The third-order valence-corrected chi connectivity index (χ3v) is 5.69. The van der Waals surface area contributed by atoms with E-state index in [1.54, 1.807) is 61.7 Å². The summed E-state index contributed by atoms with van der Waals surface area (Å²) in [4.78, 5) is 12.5. The van der Waals surface area contributed by atoms with Crippen LogP contribution >= 0.6 is 0 Å². The van der Waals surface area contributed by atoms with Crippen molar-refractivity contribution in [2.75, 3.05) is 19.0 Å². The molecule has 1 heterocycles. The van der Waals surface area contributed by atoms with Gasteiger partial charge in [-0.3, -0.25) is 4.79 Å². The molecule has 1 amide bonds. The topological polar surface area (TPSA) is 111 Å². The number of amides is 1. The van der Waals surface area contributed by atoms with Gasteiger partial charge in [0.2, 0.25) is 10.0 Å². The first-order valence-electron chi connectivity index (χ1n) is 9.74. The van der Waals surface area contributed by atoms with Crippen LogP contribution in [-0.2, 0) is 15.8 Å². The van der Waals surface area contributed by atoms with Crippen LogP contribution in [0.1, 0.15) is 29.9 Å². The molecule has 0 aliphatic rings. The summed E-state index contributed by atoms with van der Waals surface area (Å²) in [5.41, 5.74) is 1.90. The van der Waals surface area contributed by atoms with Crippen molar-refractivity contribution in [2.24, 2.45) is 5.92 Å². The van der Waals surface area contributed by atoms with E-state index < -0.39 is 15.9 Å². The third kappa shape index (κ3) is 6.40. The fourth-order valence-corrected chi connectivity index (χ4v) is 4.08. The van der Waals surface area contributed by atoms with Crippen molar-refractivity contribution < 1.29 is 22.5 Å². The van der Waals surface area contributed by atoms with Crippen molar-refractivity contribution in [1.29, 1.82) is 0 Å². The van der Waals surface area contributed by atoms with Gasteiger partial charge in [-0.2, -0.15) is 0 Å². The lowest BCUT2D eigenvalue weighted by molar-refractivity contribution is 0.101. The highest BCUT2D eigenvalue weighted by Gasteiger charge is 2.16. The molecule has 0 fully saturated rings. The number of rotatable bonds is 9. The number of anilines is 1. The quantitative estimate of drug-likeness (QED) is 0.522. The minimum atomic E-state index is -3.46. The average Bonchev–Trinajstić information content (AvgIpc) is 3.23. The standard InChI is InChI=1S/C22H25N3O5S/c1-15(2)13-23-31(27,28)14-16-5-4-6-18(11-16)24-22(26)20-12-21(30-25-20)17-7-9-19(29-3)10-8-17/h4-12,15,23H,13-14H2,1-3H3,(H,24,26). The van der Waals surface area contributed by atoms with Crippen LogP contribution in [0.25, 0.3) is 11.3 Å². The Bertz CT molecular complexity index is 1140. The van der Waals surface area contributed by atoms with Gasteiger partial charge < -0.3 is 14.6 Å². The molecule has 3 aromatic rings. The zero-order chi connectivity index (χ0) is 22.4. The van der Waals surface area contributed by atoms with Crippen LogP contribution in [0.4, 0.5) is 5.69 Å². The van der Waals surface area contributed by atoms with Gasteiger partial charge in [0.25, 0.3) is 5.91 Å². The van der Waals surface area contributed by atoms with E-state index in [2.05, 4.69) is 15.2 Å². The Balaban J connectivity index is 1.67. The van der Waals surface area contributed by atoms with Crippen molar-refractivity contribution in [1.82, 2.24) is 9.88 Å².